The molecule has 118 valence electrons. The summed E-state index contributed by atoms with van der Waals surface area (Å²) in [5.41, 5.74) is 1.38. The highest BCUT2D eigenvalue weighted by Gasteiger charge is 2.29. The maximum absolute atomic E-state index is 12.3. The molecule has 1 fully saturated rings. The maximum Gasteiger partial charge on any atom is 0.287 e. The lowest BCUT2D eigenvalue weighted by Crippen LogP contribution is -2.23. The normalized spacial score (nSPS) is 14.3. The Morgan fingerprint density at radius 3 is 2.96 bits per heavy atom. The van der Waals surface area contributed by atoms with Gasteiger partial charge < -0.3 is 14.2 Å². The summed E-state index contributed by atoms with van der Waals surface area (Å²) < 4.78 is 11.1. The van der Waals surface area contributed by atoms with Crippen molar-refractivity contribution in [2.45, 2.75) is 32.2 Å². The molecule has 0 radical (unpaired) electrons. The van der Waals surface area contributed by atoms with Crippen molar-refractivity contribution < 1.29 is 13.6 Å². The van der Waals surface area contributed by atoms with Gasteiger partial charge in [-0.25, -0.2) is 0 Å². The van der Waals surface area contributed by atoms with Crippen molar-refractivity contribution in [1.82, 2.24) is 15.5 Å². The van der Waals surface area contributed by atoms with Crippen molar-refractivity contribution in [3.63, 3.8) is 0 Å². The third-order valence-electron chi connectivity index (χ3n) is 3.91. The van der Waals surface area contributed by atoms with Crippen LogP contribution in [0.3, 0.4) is 0 Å². The Balaban J connectivity index is 1.50. The van der Waals surface area contributed by atoms with E-state index in [2.05, 4.69) is 15.5 Å². The number of aromatic nitrogens is 2. The van der Waals surface area contributed by atoms with Crippen LogP contribution >= 0.6 is 11.6 Å². The number of carbonyl (C=O) groups excluding carboxylic acids is 1. The van der Waals surface area contributed by atoms with Crippen molar-refractivity contribution in [3.8, 4) is 0 Å². The van der Waals surface area contributed by atoms with Gasteiger partial charge in [0.15, 0.2) is 5.76 Å². The number of hydrogen-bond donors (Lipinski definition) is 1. The summed E-state index contributed by atoms with van der Waals surface area (Å²) in [4.78, 5) is 12.3. The van der Waals surface area contributed by atoms with E-state index in [1.807, 2.05) is 6.92 Å². The van der Waals surface area contributed by atoms with E-state index in [-0.39, 0.29) is 18.2 Å². The quantitative estimate of drug-likeness (QED) is 0.790. The Morgan fingerprint density at radius 2 is 2.17 bits per heavy atom. The van der Waals surface area contributed by atoms with E-state index >= 15 is 0 Å². The van der Waals surface area contributed by atoms with E-state index in [1.54, 1.807) is 18.2 Å². The largest absolute Gasteiger partial charge is 0.451 e. The highest BCUT2D eigenvalue weighted by Crippen LogP contribution is 2.39. The summed E-state index contributed by atoms with van der Waals surface area (Å²) in [7, 11) is 0. The molecule has 0 bridgehead atoms. The first-order valence-corrected chi connectivity index (χ1v) is 7.79. The van der Waals surface area contributed by atoms with E-state index in [0.717, 1.165) is 23.8 Å². The van der Waals surface area contributed by atoms with Crippen LogP contribution in [0.5, 0.6) is 0 Å². The number of rotatable bonds is 4. The van der Waals surface area contributed by atoms with Crippen LogP contribution in [0.2, 0.25) is 5.02 Å². The molecule has 1 saturated carbocycles. The first-order chi connectivity index (χ1) is 11.1. The Labute approximate surface area is 136 Å². The fraction of sp³-hybridized carbons (Fsp3) is 0.312. The van der Waals surface area contributed by atoms with Crippen molar-refractivity contribution in [2.75, 3.05) is 0 Å². The van der Waals surface area contributed by atoms with Crippen molar-refractivity contribution in [3.05, 3.63) is 46.3 Å². The number of benzene rings is 1. The second-order valence-corrected chi connectivity index (χ2v) is 6.12. The first-order valence-electron chi connectivity index (χ1n) is 7.41. The SMILES string of the molecule is Cc1c(C(=O)NCc2nnc(C3CC3)o2)oc2ccc(Cl)cc12. The Kier molecular flexibility index (Phi) is 3.34. The molecule has 7 heteroatoms. The molecule has 0 spiro atoms. The van der Waals surface area contributed by atoms with Gasteiger partial charge in [0.05, 0.1) is 6.54 Å². The molecule has 1 aliphatic carbocycles. The Bertz CT molecular complexity index is 895. The summed E-state index contributed by atoms with van der Waals surface area (Å²) in [5, 5.41) is 12.1. The van der Waals surface area contributed by atoms with E-state index in [1.165, 1.54) is 0 Å². The van der Waals surface area contributed by atoms with Crippen LogP contribution in [0, 0.1) is 6.92 Å². The van der Waals surface area contributed by atoms with Gasteiger partial charge in [0, 0.05) is 21.9 Å². The topological polar surface area (TPSA) is 81.2 Å². The van der Waals surface area contributed by atoms with Crippen molar-refractivity contribution >= 4 is 28.5 Å². The van der Waals surface area contributed by atoms with E-state index in [4.69, 9.17) is 20.4 Å². The molecule has 6 nitrogen and oxygen atoms in total. The number of carbonyl (C=O) groups is 1. The number of hydrogen-bond acceptors (Lipinski definition) is 5. The molecule has 0 saturated heterocycles. The zero-order valence-corrected chi connectivity index (χ0v) is 13.2. The molecule has 0 atom stereocenters. The summed E-state index contributed by atoms with van der Waals surface area (Å²) in [6, 6.07) is 5.26. The van der Waals surface area contributed by atoms with Crippen molar-refractivity contribution in [1.29, 1.82) is 0 Å². The lowest BCUT2D eigenvalue weighted by atomic mass is 10.1. The second kappa shape index (κ2) is 5.38. The third kappa shape index (κ3) is 2.70. The number of halogens is 1. The zero-order chi connectivity index (χ0) is 16.0. The standard InChI is InChI=1S/C16H14ClN3O3/c1-8-11-6-10(17)4-5-12(11)22-14(8)15(21)18-7-13-19-20-16(23-13)9-2-3-9/h4-6,9H,2-3,7H2,1H3,(H,18,21). The van der Waals surface area contributed by atoms with Crippen LogP contribution in [0.1, 0.15) is 46.7 Å². The first kappa shape index (κ1) is 14.3. The van der Waals surface area contributed by atoms with E-state index in [0.29, 0.717) is 28.3 Å². The molecule has 2 heterocycles. The molecule has 0 aliphatic heterocycles. The van der Waals surface area contributed by atoms with Crippen LogP contribution < -0.4 is 5.32 Å². The van der Waals surface area contributed by atoms with Crippen LogP contribution in [-0.2, 0) is 6.54 Å². The molecule has 1 N–H and O–H groups in total. The van der Waals surface area contributed by atoms with Gasteiger partial charge in [-0.1, -0.05) is 11.6 Å². The monoisotopic (exact) mass is 331 g/mol. The fourth-order valence-electron chi connectivity index (χ4n) is 2.48. The number of amides is 1. The minimum atomic E-state index is -0.319. The van der Waals surface area contributed by atoms with Gasteiger partial charge in [0.25, 0.3) is 5.91 Å². The second-order valence-electron chi connectivity index (χ2n) is 5.69. The predicted octanol–water partition coefficient (Wildman–Crippen LogP) is 3.59. The molecule has 4 rings (SSSR count). The number of aryl methyl sites for hydroxylation is 1. The summed E-state index contributed by atoms with van der Waals surface area (Å²) in [6.45, 7) is 2.00. The lowest BCUT2D eigenvalue weighted by Gasteiger charge is -2.00. The van der Waals surface area contributed by atoms with Crippen LogP contribution in [-0.4, -0.2) is 16.1 Å². The smallest absolute Gasteiger partial charge is 0.287 e. The number of nitrogens with one attached hydrogen (secondary N) is 1. The fourth-order valence-corrected chi connectivity index (χ4v) is 2.65. The number of furan rings is 1. The maximum atomic E-state index is 12.3. The van der Waals surface area contributed by atoms with Crippen LogP contribution in [0.25, 0.3) is 11.0 Å². The number of fused-ring (bicyclic) bond motifs is 1. The van der Waals surface area contributed by atoms with Crippen LogP contribution in [0.15, 0.2) is 27.0 Å². The summed E-state index contributed by atoms with van der Waals surface area (Å²) in [5.74, 6) is 1.40. The van der Waals surface area contributed by atoms with Gasteiger partial charge in [0.1, 0.15) is 5.58 Å². The van der Waals surface area contributed by atoms with Crippen LogP contribution in [0.4, 0.5) is 0 Å². The van der Waals surface area contributed by atoms with Gasteiger partial charge in [-0.2, -0.15) is 0 Å². The van der Waals surface area contributed by atoms with E-state index in [9.17, 15) is 4.79 Å². The lowest BCUT2D eigenvalue weighted by molar-refractivity contribution is 0.0920. The molecule has 1 aromatic carbocycles. The minimum Gasteiger partial charge on any atom is -0.451 e. The molecule has 3 aromatic rings. The predicted molar refractivity (Wildman–Crippen MR) is 83.4 cm³/mol. The summed E-state index contributed by atoms with van der Waals surface area (Å²) in [6.07, 6.45) is 2.18. The molecule has 2 aromatic heterocycles. The van der Waals surface area contributed by atoms with Gasteiger partial charge in [0.2, 0.25) is 11.8 Å². The third-order valence-corrected chi connectivity index (χ3v) is 4.15. The minimum absolute atomic E-state index is 0.176. The zero-order valence-electron chi connectivity index (χ0n) is 12.4. The molecular formula is C16H14ClN3O3. The molecule has 0 unspecified atom stereocenters. The van der Waals surface area contributed by atoms with Crippen molar-refractivity contribution in [2.24, 2.45) is 0 Å². The molecule has 23 heavy (non-hydrogen) atoms. The average molecular weight is 332 g/mol. The molecule has 1 aliphatic rings. The van der Waals surface area contributed by atoms with Gasteiger partial charge in [-0.15, -0.1) is 10.2 Å². The molecule has 1 amide bonds. The van der Waals surface area contributed by atoms with Gasteiger partial charge in [-0.3, -0.25) is 4.79 Å². The molecular weight excluding hydrogens is 318 g/mol. The highest BCUT2D eigenvalue weighted by atomic mass is 35.5. The summed E-state index contributed by atoms with van der Waals surface area (Å²) >= 11 is 5.98. The Morgan fingerprint density at radius 1 is 1.35 bits per heavy atom. The Hall–Kier alpha value is -2.34. The van der Waals surface area contributed by atoms with E-state index < -0.39 is 0 Å². The average Bonchev–Trinajstić information content (AvgIpc) is 3.20. The van der Waals surface area contributed by atoms with Gasteiger partial charge >= 0.3 is 0 Å². The number of nitrogens with zero attached hydrogens (tertiary/aromatic N) is 2. The highest BCUT2D eigenvalue weighted by molar-refractivity contribution is 6.31. The van der Waals surface area contributed by atoms with Gasteiger partial charge in [-0.05, 0) is 38.0 Å².